The highest BCUT2D eigenvalue weighted by Gasteiger charge is 2.42. The fourth-order valence-electron chi connectivity index (χ4n) is 2.81. The summed E-state index contributed by atoms with van der Waals surface area (Å²) in [5, 5.41) is 12.0. The summed E-state index contributed by atoms with van der Waals surface area (Å²) in [6.07, 6.45) is 1.22. The van der Waals surface area contributed by atoms with Crippen LogP contribution in [0.3, 0.4) is 0 Å². The van der Waals surface area contributed by atoms with Crippen LogP contribution in [0.2, 0.25) is 0 Å². The molecule has 0 bridgehead atoms. The van der Waals surface area contributed by atoms with Crippen molar-refractivity contribution in [1.29, 1.82) is 0 Å². The molecule has 1 amide bonds. The zero-order chi connectivity index (χ0) is 16.2. The molecule has 0 aliphatic carbocycles. The van der Waals surface area contributed by atoms with Crippen molar-refractivity contribution in [2.45, 2.75) is 38.1 Å². The summed E-state index contributed by atoms with van der Waals surface area (Å²) in [5.74, 6) is -1.65. The fraction of sp³-hybridized carbons (Fsp3) is 0.529. The smallest absolute Gasteiger partial charge is 0.308 e. The van der Waals surface area contributed by atoms with Gasteiger partial charge in [0.05, 0.1) is 11.3 Å². The number of carbonyl (C=O) groups excluding carboxylic acids is 1. The summed E-state index contributed by atoms with van der Waals surface area (Å²) >= 11 is 0. The quantitative estimate of drug-likeness (QED) is 0.872. The van der Waals surface area contributed by atoms with Gasteiger partial charge in [-0.15, -0.1) is 0 Å². The van der Waals surface area contributed by atoms with E-state index in [4.69, 9.17) is 9.84 Å². The standard InChI is InChI=1S/C17H23NO4/c1-12(15(19)20)13(2)18-16(21)17(8-10-22-11-9-17)14-6-4-3-5-7-14/h3-7,12-13H,8-11H2,1-2H3,(H,18,21)(H,19,20). The maximum absolute atomic E-state index is 12.9. The van der Waals surface area contributed by atoms with Gasteiger partial charge >= 0.3 is 5.97 Å². The molecule has 0 radical (unpaired) electrons. The molecular formula is C17H23NO4. The first-order chi connectivity index (χ1) is 10.5. The Labute approximate surface area is 130 Å². The van der Waals surface area contributed by atoms with E-state index in [1.807, 2.05) is 30.3 Å². The van der Waals surface area contributed by atoms with Crippen molar-refractivity contribution in [3.8, 4) is 0 Å². The molecule has 0 saturated carbocycles. The molecule has 5 heteroatoms. The molecule has 2 unspecified atom stereocenters. The van der Waals surface area contributed by atoms with Crippen LogP contribution in [0, 0.1) is 5.92 Å². The highest BCUT2D eigenvalue weighted by Crippen LogP contribution is 2.35. The van der Waals surface area contributed by atoms with Crippen molar-refractivity contribution in [2.24, 2.45) is 5.92 Å². The molecule has 2 atom stereocenters. The predicted octanol–water partition coefficient (Wildman–Crippen LogP) is 1.96. The Morgan fingerprint density at radius 1 is 1.18 bits per heavy atom. The molecule has 2 rings (SSSR count). The zero-order valence-electron chi connectivity index (χ0n) is 13.0. The van der Waals surface area contributed by atoms with Gasteiger partial charge in [-0.3, -0.25) is 9.59 Å². The van der Waals surface area contributed by atoms with Gasteiger partial charge in [0.1, 0.15) is 0 Å². The first-order valence-electron chi connectivity index (χ1n) is 7.64. The number of rotatable bonds is 5. The second-order valence-electron chi connectivity index (χ2n) is 5.95. The number of hydrogen-bond donors (Lipinski definition) is 2. The van der Waals surface area contributed by atoms with Gasteiger partial charge < -0.3 is 15.2 Å². The summed E-state index contributed by atoms with van der Waals surface area (Å²) < 4.78 is 5.41. The Morgan fingerprint density at radius 2 is 1.77 bits per heavy atom. The number of carboxylic acids is 1. The lowest BCUT2D eigenvalue weighted by Crippen LogP contribution is -2.52. The number of carbonyl (C=O) groups is 2. The average molecular weight is 305 g/mol. The van der Waals surface area contributed by atoms with Crippen LogP contribution in [0.25, 0.3) is 0 Å². The highest BCUT2D eigenvalue weighted by molar-refractivity contribution is 5.89. The minimum atomic E-state index is -0.909. The fourth-order valence-corrected chi connectivity index (χ4v) is 2.81. The topological polar surface area (TPSA) is 75.6 Å². The Kier molecular flexibility index (Phi) is 5.19. The molecule has 22 heavy (non-hydrogen) atoms. The second kappa shape index (κ2) is 6.92. The maximum atomic E-state index is 12.9. The number of nitrogens with one attached hydrogen (secondary N) is 1. The van der Waals surface area contributed by atoms with Crippen LogP contribution in [0.1, 0.15) is 32.3 Å². The summed E-state index contributed by atoms with van der Waals surface area (Å²) in [4.78, 5) is 24.0. The van der Waals surface area contributed by atoms with Gasteiger partial charge in [-0.1, -0.05) is 30.3 Å². The second-order valence-corrected chi connectivity index (χ2v) is 5.95. The Balaban J connectivity index is 2.23. The lowest BCUT2D eigenvalue weighted by atomic mass is 9.73. The van der Waals surface area contributed by atoms with Crippen LogP contribution in [-0.4, -0.2) is 36.2 Å². The first kappa shape index (κ1) is 16.5. The van der Waals surface area contributed by atoms with Gasteiger partial charge in [-0.05, 0) is 32.3 Å². The van der Waals surface area contributed by atoms with Crippen molar-refractivity contribution in [3.63, 3.8) is 0 Å². The number of carboxylic acid groups (broad SMARTS) is 1. The molecule has 1 aromatic rings. The zero-order valence-corrected chi connectivity index (χ0v) is 13.0. The molecule has 1 heterocycles. The molecule has 1 fully saturated rings. The van der Waals surface area contributed by atoms with Gasteiger partial charge in [0, 0.05) is 19.3 Å². The van der Waals surface area contributed by atoms with Gasteiger partial charge in [-0.2, -0.15) is 0 Å². The lowest BCUT2D eigenvalue weighted by molar-refractivity contribution is -0.142. The molecular weight excluding hydrogens is 282 g/mol. The highest BCUT2D eigenvalue weighted by atomic mass is 16.5. The van der Waals surface area contributed by atoms with Crippen LogP contribution in [0.15, 0.2) is 30.3 Å². The molecule has 1 aliphatic rings. The minimum Gasteiger partial charge on any atom is -0.481 e. The number of amides is 1. The molecule has 1 aliphatic heterocycles. The van der Waals surface area contributed by atoms with Gasteiger partial charge in [0.15, 0.2) is 0 Å². The third kappa shape index (κ3) is 3.30. The van der Waals surface area contributed by atoms with Crippen LogP contribution in [0.4, 0.5) is 0 Å². The normalized spacial score (nSPS) is 19.9. The van der Waals surface area contributed by atoms with Crippen LogP contribution >= 0.6 is 0 Å². The molecule has 1 aromatic carbocycles. The Hall–Kier alpha value is -1.88. The van der Waals surface area contributed by atoms with Crippen LogP contribution in [0.5, 0.6) is 0 Å². The summed E-state index contributed by atoms with van der Waals surface area (Å²) in [5.41, 5.74) is 0.331. The Bertz CT molecular complexity index is 523. The monoisotopic (exact) mass is 305 g/mol. The maximum Gasteiger partial charge on any atom is 0.308 e. The summed E-state index contributed by atoms with van der Waals surface area (Å²) in [6, 6.07) is 9.25. The van der Waals surface area contributed by atoms with Crippen LogP contribution in [-0.2, 0) is 19.7 Å². The van der Waals surface area contributed by atoms with E-state index in [1.54, 1.807) is 13.8 Å². The van der Waals surface area contributed by atoms with Crippen molar-refractivity contribution in [1.82, 2.24) is 5.32 Å². The number of hydrogen-bond acceptors (Lipinski definition) is 3. The van der Waals surface area contributed by atoms with Crippen molar-refractivity contribution in [3.05, 3.63) is 35.9 Å². The van der Waals surface area contributed by atoms with E-state index in [9.17, 15) is 9.59 Å². The molecule has 1 saturated heterocycles. The van der Waals surface area contributed by atoms with Gasteiger partial charge in [0.2, 0.25) is 5.91 Å². The van der Waals surface area contributed by atoms with E-state index < -0.39 is 23.3 Å². The molecule has 0 aromatic heterocycles. The van der Waals surface area contributed by atoms with Crippen molar-refractivity contribution < 1.29 is 19.4 Å². The van der Waals surface area contributed by atoms with E-state index in [-0.39, 0.29) is 5.91 Å². The molecule has 0 spiro atoms. The van der Waals surface area contributed by atoms with Crippen LogP contribution < -0.4 is 5.32 Å². The van der Waals surface area contributed by atoms with Crippen molar-refractivity contribution in [2.75, 3.05) is 13.2 Å². The predicted molar refractivity (Wildman–Crippen MR) is 82.6 cm³/mol. The largest absolute Gasteiger partial charge is 0.481 e. The van der Waals surface area contributed by atoms with E-state index in [1.165, 1.54) is 0 Å². The minimum absolute atomic E-state index is 0.109. The van der Waals surface area contributed by atoms with Gasteiger partial charge in [-0.25, -0.2) is 0 Å². The average Bonchev–Trinajstić information content (AvgIpc) is 2.55. The van der Waals surface area contributed by atoms with E-state index in [0.717, 1.165) is 5.56 Å². The number of ether oxygens (including phenoxy) is 1. The van der Waals surface area contributed by atoms with E-state index >= 15 is 0 Å². The molecule has 2 N–H and O–H groups in total. The van der Waals surface area contributed by atoms with E-state index in [0.29, 0.717) is 26.1 Å². The first-order valence-corrected chi connectivity index (χ1v) is 7.64. The third-order valence-electron chi connectivity index (χ3n) is 4.61. The number of aliphatic carboxylic acids is 1. The third-order valence-corrected chi connectivity index (χ3v) is 4.61. The molecule has 120 valence electrons. The SMILES string of the molecule is CC(NC(=O)C1(c2ccccc2)CCOCC1)C(C)C(=O)O. The lowest BCUT2D eigenvalue weighted by Gasteiger charge is -2.37. The summed E-state index contributed by atoms with van der Waals surface area (Å²) in [6.45, 7) is 4.40. The van der Waals surface area contributed by atoms with Gasteiger partial charge in [0.25, 0.3) is 0 Å². The molecule has 5 nitrogen and oxygen atoms in total. The van der Waals surface area contributed by atoms with Crippen molar-refractivity contribution >= 4 is 11.9 Å². The summed E-state index contributed by atoms with van der Waals surface area (Å²) in [7, 11) is 0. The number of benzene rings is 1. The van der Waals surface area contributed by atoms with E-state index in [2.05, 4.69) is 5.32 Å². The Morgan fingerprint density at radius 3 is 2.32 bits per heavy atom.